The Morgan fingerprint density at radius 2 is 2.25 bits per heavy atom. The lowest BCUT2D eigenvalue weighted by Gasteiger charge is -2.33. The fourth-order valence-electron chi connectivity index (χ4n) is 2.93. The van der Waals surface area contributed by atoms with Gasteiger partial charge in [0, 0.05) is 16.5 Å². The van der Waals surface area contributed by atoms with Crippen molar-refractivity contribution in [2.24, 2.45) is 11.8 Å². The second kappa shape index (κ2) is 6.43. The van der Waals surface area contributed by atoms with Crippen molar-refractivity contribution in [3.8, 4) is 5.75 Å². The number of rotatable bonds is 5. The van der Waals surface area contributed by atoms with Crippen molar-refractivity contribution in [2.45, 2.75) is 37.0 Å². The molecule has 1 fully saturated rings. The van der Waals surface area contributed by atoms with E-state index in [0.29, 0.717) is 6.42 Å². The second-order valence-corrected chi connectivity index (χ2v) is 8.68. The fraction of sp³-hybridized carbons (Fsp3) is 0.692. The fourth-order valence-corrected chi connectivity index (χ4v) is 5.13. The maximum atomic E-state index is 11.8. The van der Waals surface area contributed by atoms with Gasteiger partial charge in [0.05, 0.1) is 18.4 Å². The molecule has 0 aromatic carbocycles. The van der Waals surface area contributed by atoms with E-state index < -0.39 is 9.84 Å². The molecule has 7 heteroatoms. The molecular formula is C13H22N2O3S2. The van der Waals surface area contributed by atoms with Gasteiger partial charge in [0.2, 0.25) is 0 Å². The van der Waals surface area contributed by atoms with Gasteiger partial charge in [-0.15, -0.1) is 11.3 Å². The van der Waals surface area contributed by atoms with Gasteiger partial charge in [-0.2, -0.15) is 0 Å². The van der Waals surface area contributed by atoms with Crippen LogP contribution in [-0.4, -0.2) is 27.0 Å². The Bertz CT molecular complexity index is 542. The molecule has 0 saturated heterocycles. The summed E-state index contributed by atoms with van der Waals surface area (Å²) in [4.78, 5) is 1.10. The molecule has 1 saturated carbocycles. The lowest BCUT2D eigenvalue weighted by atomic mass is 9.83. The molecule has 20 heavy (non-hydrogen) atoms. The molecule has 1 aliphatic rings. The van der Waals surface area contributed by atoms with Gasteiger partial charge in [-0.3, -0.25) is 11.3 Å². The molecule has 0 amide bonds. The summed E-state index contributed by atoms with van der Waals surface area (Å²) in [5, 5.41) is 1.70. The van der Waals surface area contributed by atoms with Crippen LogP contribution in [0.15, 0.2) is 11.4 Å². The van der Waals surface area contributed by atoms with Gasteiger partial charge in [0.15, 0.2) is 0 Å². The van der Waals surface area contributed by atoms with Crippen LogP contribution in [0.2, 0.25) is 0 Å². The molecule has 3 unspecified atom stereocenters. The summed E-state index contributed by atoms with van der Waals surface area (Å²) >= 11 is 1.59. The van der Waals surface area contributed by atoms with Gasteiger partial charge >= 0.3 is 0 Å². The van der Waals surface area contributed by atoms with Crippen LogP contribution < -0.4 is 16.0 Å². The Labute approximate surface area is 124 Å². The number of hydrazine groups is 1. The van der Waals surface area contributed by atoms with Crippen LogP contribution in [0.25, 0.3) is 0 Å². The Morgan fingerprint density at radius 3 is 2.80 bits per heavy atom. The number of hydrogen-bond acceptors (Lipinski definition) is 6. The molecule has 1 aromatic rings. The van der Waals surface area contributed by atoms with Crippen molar-refractivity contribution in [3.05, 3.63) is 16.3 Å². The third-order valence-electron chi connectivity index (χ3n) is 4.06. The zero-order valence-electron chi connectivity index (χ0n) is 11.8. The molecule has 1 aromatic heterocycles. The Morgan fingerprint density at radius 1 is 1.50 bits per heavy atom. The van der Waals surface area contributed by atoms with Crippen molar-refractivity contribution in [1.29, 1.82) is 0 Å². The summed E-state index contributed by atoms with van der Waals surface area (Å²) in [5.74, 6) is 6.77. The van der Waals surface area contributed by atoms with Gasteiger partial charge in [0.25, 0.3) is 0 Å². The van der Waals surface area contributed by atoms with Crippen molar-refractivity contribution in [1.82, 2.24) is 5.43 Å². The maximum absolute atomic E-state index is 11.8. The molecule has 0 radical (unpaired) electrons. The molecule has 0 aliphatic heterocycles. The molecular weight excluding hydrogens is 296 g/mol. The van der Waals surface area contributed by atoms with Crippen LogP contribution in [0.1, 0.15) is 36.6 Å². The quantitative estimate of drug-likeness (QED) is 0.640. The van der Waals surface area contributed by atoms with Gasteiger partial charge in [-0.25, -0.2) is 8.42 Å². The van der Waals surface area contributed by atoms with E-state index in [1.165, 1.54) is 6.26 Å². The van der Waals surface area contributed by atoms with Crippen LogP contribution in [-0.2, 0) is 9.84 Å². The normalized spacial score (nSPS) is 25.4. The maximum Gasteiger partial charge on any atom is 0.150 e. The van der Waals surface area contributed by atoms with E-state index in [9.17, 15) is 8.42 Å². The minimum absolute atomic E-state index is 0.00606. The van der Waals surface area contributed by atoms with E-state index in [0.717, 1.165) is 29.9 Å². The molecule has 0 bridgehead atoms. The van der Waals surface area contributed by atoms with Crippen LogP contribution in [0.3, 0.4) is 0 Å². The van der Waals surface area contributed by atoms with E-state index in [-0.39, 0.29) is 17.2 Å². The zero-order chi connectivity index (χ0) is 14.8. The van der Waals surface area contributed by atoms with E-state index in [1.807, 2.05) is 11.4 Å². The molecule has 3 N–H and O–H groups in total. The Balaban J connectivity index is 2.15. The number of hydrogen-bond donors (Lipinski definition) is 2. The van der Waals surface area contributed by atoms with E-state index in [2.05, 4.69) is 5.43 Å². The van der Waals surface area contributed by atoms with E-state index >= 15 is 0 Å². The van der Waals surface area contributed by atoms with Crippen molar-refractivity contribution < 1.29 is 13.2 Å². The van der Waals surface area contributed by atoms with Crippen LogP contribution in [0.4, 0.5) is 0 Å². The Kier molecular flexibility index (Phi) is 5.06. The van der Waals surface area contributed by atoms with Crippen molar-refractivity contribution in [3.63, 3.8) is 0 Å². The number of nitrogens with one attached hydrogen (secondary N) is 1. The van der Waals surface area contributed by atoms with Crippen molar-refractivity contribution in [2.75, 3.05) is 13.4 Å². The third-order valence-corrected chi connectivity index (χ3v) is 6.69. The smallest absolute Gasteiger partial charge is 0.150 e. The predicted octanol–water partition coefficient (Wildman–Crippen LogP) is 1.86. The second-order valence-electron chi connectivity index (χ2n) is 5.41. The summed E-state index contributed by atoms with van der Waals surface area (Å²) in [5.41, 5.74) is 2.86. The van der Waals surface area contributed by atoms with Gasteiger partial charge < -0.3 is 4.74 Å². The summed E-state index contributed by atoms with van der Waals surface area (Å²) in [6.07, 6.45) is 4.71. The third kappa shape index (κ3) is 3.52. The summed E-state index contributed by atoms with van der Waals surface area (Å²) in [7, 11) is -1.34. The molecule has 1 aliphatic carbocycles. The summed E-state index contributed by atoms with van der Waals surface area (Å²) in [6, 6.07) is 1.97. The topological polar surface area (TPSA) is 81.4 Å². The summed E-state index contributed by atoms with van der Waals surface area (Å²) in [6.45, 7) is 0. The van der Waals surface area contributed by atoms with E-state index in [1.54, 1.807) is 18.4 Å². The van der Waals surface area contributed by atoms with E-state index in [4.69, 9.17) is 10.6 Å². The highest BCUT2D eigenvalue weighted by Gasteiger charge is 2.33. The molecule has 5 nitrogen and oxygen atoms in total. The standard InChI is InChI=1S/C13H22N2O3S2/c1-18-10-7-12(19-8-10)13(15-14)9-4-3-5-11(6-9)20(2,16)17/h7-9,11,13,15H,3-6,14H2,1-2H3. The first-order valence-electron chi connectivity index (χ1n) is 6.73. The van der Waals surface area contributed by atoms with Crippen LogP contribution >= 0.6 is 11.3 Å². The first-order valence-corrected chi connectivity index (χ1v) is 9.56. The number of sulfone groups is 1. The van der Waals surface area contributed by atoms with Crippen LogP contribution in [0.5, 0.6) is 5.75 Å². The number of nitrogens with two attached hydrogens (primary N) is 1. The average Bonchev–Trinajstić information content (AvgIpc) is 2.88. The molecule has 2 rings (SSSR count). The summed E-state index contributed by atoms with van der Waals surface area (Å²) < 4.78 is 28.7. The molecule has 1 heterocycles. The number of thiophene rings is 1. The predicted molar refractivity (Wildman–Crippen MR) is 81.5 cm³/mol. The highest BCUT2D eigenvalue weighted by atomic mass is 32.2. The molecule has 114 valence electrons. The first-order chi connectivity index (χ1) is 9.45. The number of methoxy groups -OCH3 is 1. The first kappa shape index (κ1) is 15.8. The van der Waals surface area contributed by atoms with Gasteiger partial charge in [0.1, 0.15) is 15.6 Å². The highest BCUT2D eigenvalue weighted by molar-refractivity contribution is 7.91. The lowest BCUT2D eigenvalue weighted by molar-refractivity contribution is 0.277. The van der Waals surface area contributed by atoms with Gasteiger partial charge in [-0.05, 0) is 31.2 Å². The SMILES string of the molecule is COc1csc(C(NN)C2CCCC(S(C)(=O)=O)C2)c1. The lowest BCUT2D eigenvalue weighted by Crippen LogP contribution is -2.38. The van der Waals surface area contributed by atoms with Crippen molar-refractivity contribution >= 4 is 21.2 Å². The minimum Gasteiger partial charge on any atom is -0.496 e. The van der Waals surface area contributed by atoms with Crippen LogP contribution in [0, 0.1) is 5.92 Å². The minimum atomic E-state index is -2.97. The molecule has 0 spiro atoms. The molecule has 3 atom stereocenters. The Hall–Kier alpha value is -0.630. The average molecular weight is 318 g/mol. The largest absolute Gasteiger partial charge is 0.496 e. The monoisotopic (exact) mass is 318 g/mol. The number of ether oxygens (including phenoxy) is 1. The highest BCUT2D eigenvalue weighted by Crippen LogP contribution is 2.39. The zero-order valence-corrected chi connectivity index (χ0v) is 13.5. The van der Waals surface area contributed by atoms with Gasteiger partial charge in [-0.1, -0.05) is 6.42 Å².